The molecule has 3 rings (SSSR count). The smallest absolute Gasteiger partial charge is 0.0725 e. The second kappa shape index (κ2) is 4.74. The van der Waals surface area contributed by atoms with Crippen LogP contribution in [0.3, 0.4) is 0 Å². The molecular weight excluding hydrogens is 246 g/mol. The van der Waals surface area contributed by atoms with E-state index in [0.717, 1.165) is 18.5 Å². The van der Waals surface area contributed by atoms with Gasteiger partial charge in [-0.2, -0.15) is 0 Å². The standard InChI is InChI=1S/C17H23N3/c1-12(15-6-4-5-8-19-15)20-9-7-13-14(18)10-17(2,3)11-16(13)20/h4-9,12,14H,10-11,18H2,1-3H3. The van der Waals surface area contributed by atoms with Crippen molar-refractivity contribution in [1.29, 1.82) is 0 Å². The van der Waals surface area contributed by atoms with E-state index in [1.165, 1.54) is 11.3 Å². The van der Waals surface area contributed by atoms with E-state index in [2.05, 4.69) is 48.7 Å². The summed E-state index contributed by atoms with van der Waals surface area (Å²) in [4.78, 5) is 4.49. The summed E-state index contributed by atoms with van der Waals surface area (Å²) in [6, 6.07) is 8.69. The summed E-state index contributed by atoms with van der Waals surface area (Å²) in [5.41, 5.74) is 10.4. The van der Waals surface area contributed by atoms with Crippen molar-refractivity contribution in [2.45, 2.75) is 45.7 Å². The normalized spacial score (nSPS) is 22.3. The quantitative estimate of drug-likeness (QED) is 0.907. The molecule has 0 bridgehead atoms. The van der Waals surface area contributed by atoms with E-state index in [1.807, 2.05) is 18.3 Å². The molecule has 0 amide bonds. The van der Waals surface area contributed by atoms with Gasteiger partial charge in [-0.25, -0.2) is 0 Å². The third-order valence-electron chi connectivity index (χ3n) is 4.41. The topological polar surface area (TPSA) is 43.8 Å². The predicted octanol–water partition coefficient (Wildman–Crippen LogP) is 3.46. The van der Waals surface area contributed by atoms with Gasteiger partial charge in [0.1, 0.15) is 0 Å². The molecule has 2 heterocycles. The zero-order valence-corrected chi connectivity index (χ0v) is 12.5. The molecule has 2 unspecified atom stereocenters. The molecule has 2 atom stereocenters. The van der Waals surface area contributed by atoms with Crippen LogP contribution in [-0.2, 0) is 6.42 Å². The molecule has 3 nitrogen and oxygen atoms in total. The molecule has 1 aliphatic rings. The van der Waals surface area contributed by atoms with Crippen molar-refractivity contribution >= 4 is 0 Å². The predicted molar refractivity (Wildman–Crippen MR) is 81.5 cm³/mol. The Kier molecular flexibility index (Phi) is 3.17. The first-order chi connectivity index (χ1) is 9.48. The van der Waals surface area contributed by atoms with Crippen LogP contribution < -0.4 is 5.73 Å². The highest BCUT2D eigenvalue weighted by molar-refractivity contribution is 5.31. The molecule has 0 radical (unpaired) electrons. The first kappa shape index (κ1) is 13.4. The summed E-state index contributed by atoms with van der Waals surface area (Å²) < 4.78 is 2.35. The first-order valence-electron chi connectivity index (χ1n) is 7.34. The Hall–Kier alpha value is -1.61. The third kappa shape index (κ3) is 2.27. The maximum absolute atomic E-state index is 6.35. The van der Waals surface area contributed by atoms with Crippen molar-refractivity contribution in [2.24, 2.45) is 11.1 Å². The fourth-order valence-corrected chi connectivity index (χ4v) is 3.39. The van der Waals surface area contributed by atoms with Gasteiger partial charge >= 0.3 is 0 Å². The molecule has 3 heteroatoms. The average molecular weight is 269 g/mol. The molecular formula is C17H23N3. The van der Waals surface area contributed by atoms with Crippen LogP contribution in [0.5, 0.6) is 0 Å². The summed E-state index contributed by atoms with van der Waals surface area (Å²) in [6.07, 6.45) is 6.17. The van der Waals surface area contributed by atoms with E-state index in [9.17, 15) is 0 Å². The van der Waals surface area contributed by atoms with E-state index >= 15 is 0 Å². The van der Waals surface area contributed by atoms with E-state index in [4.69, 9.17) is 5.73 Å². The average Bonchev–Trinajstić information content (AvgIpc) is 2.81. The maximum Gasteiger partial charge on any atom is 0.0725 e. The Morgan fingerprint density at radius 1 is 1.35 bits per heavy atom. The lowest BCUT2D eigenvalue weighted by Gasteiger charge is -2.35. The summed E-state index contributed by atoms with van der Waals surface area (Å²) in [7, 11) is 0. The third-order valence-corrected chi connectivity index (χ3v) is 4.41. The number of fused-ring (bicyclic) bond motifs is 1. The molecule has 20 heavy (non-hydrogen) atoms. The van der Waals surface area contributed by atoms with Gasteiger partial charge in [0.15, 0.2) is 0 Å². The van der Waals surface area contributed by atoms with Crippen molar-refractivity contribution in [3.05, 3.63) is 53.6 Å². The Labute approximate surface area is 120 Å². The van der Waals surface area contributed by atoms with Gasteiger partial charge in [0.05, 0.1) is 11.7 Å². The SMILES string of the molecule is CC(c1ccccn1)n1ccc2c1CC(C)(C)CC2N. The molecule has 0 aromatic carbocycles. The maximum atomic E-state index is 6.35. The first-order valence-corrected chi connectivity index (χ1v) is 7.34. The minimum absolute atomic E-state index is 0.158. The van der Waals surface area contributed by atoms with Crippen LogP contribution in [0.4, 0.5) is 0 Å². The Balaban J connectivity index is 2.01. The van der Waals surface area contributed by atoms with Crippen molar-refractivity contribution in [3.8, 4) is 0 Å². The fraction of sp³-hybridized carbons (Fsp3) is 0.471. The molecule has 0 aliphatic heterocycles. The van der Waals surface area contributed by atoms with Gasteiger partial charge < -0.3 is 10.3 Å². The molecule has 0 spiro atoms. The minimum Gasteiger partial charge on any atom is -0.342 e. The van der Waals surface area contributed by atoms with Crippen molar-refractivity contribution in [1.82, 2.24) is 9.55 Å². The molecule has 2 aromatic rings. The number of aromatic nitrogens is 2. The second-order valence-corrected chi connectivity index (χ2v) is 6.71. The zero-order valence-electron chi connectivity index (χ0n) is 12.5. The number of hydrogen-bond donors (Lipinski definition) is 1. The van der Waals surface area contributed by atoms with Crippen LogP contribution in [0.1, 0.15) is 56.2 Å². The van der Waals surface area contributed by atoms with Crippen LogP contribution >= 0.6 is 0 Å². The van der Waals surface area contributed by atoms with Gasteiger partial charge in [-0.05, 0) is 48.9 Å². The van der Waals surface area contributed by atoms with E-state index in [-0.39, 0.29) is 17.5 Å². The monoisotopic (exact) mass is 269 g/mol. The van der Waals surface area contributed by atoms with Crippen LogP contribution in [-0.4, -0.2) is 9.55 Å². The lowest BCUT2D eigenvalue weighted by atomic mass is 9.74. The number of hydrogen-bond acceptors (Lipinski definition) is 2. The van der Waals surface area contributed by atoms with E-state index in [1.54, 1.807) is 0 Å². The number of nitrogens with two attached hydrogens (primary N) is 1. The zero-order chi connectivity index (χ0) is 14.3. The summed E-state index contributed by atoms with van der Waals surface area (Å²) in [5, 5.41) is 0. The highest BCUT2D eigenvalue weighted by Gasteiger charge is 2.33. The van der Waals surface area contributed by atoms with Gasteiger partial charge in [0, 0.05) is 24.1 Å². The Morgan fingerprint density at radius 3 is 2.85 bits per heavy atom. The minimum atomic E-state index is 0.158. The molecule has 2 N–H and O–H groups in total. The largest absolute Gasteiger partial charge is 0.342 e. The van der Waals surface area contributed by atoms with Crippen LogP contribution in [0.15, 0.2) is 36.7 Å². The molecule has 0 saturated carbocycles. The summed E-state index contributed by atoms with van der Waals surface area (Å²) >= 11 is 0. The Bertz CT molecular complexity index is 598. The van der Waals surface area contributed by atoms with Crippen molar-refractivity contribution in [3.63, 3.8) is 0 Å². The lowest BCUT2D eigenvalue weighted by Crippen LogP contribution is -2.31. The van der Waals surface area contributed by atoms with Crippen LogP contribution in [0.2, 0.25) is 0 Å². The molecule has 0 fully saturated rings. The van der Waals surface area contributed by atoms with E-state index in [0.29, 0.717) is 0 Å². The molecule has 2 aromatic heterocycles. The highest BCUT2D eigenvalue weighted by atomic mass is 15.0. The van der Waals surface area contributed by atoms with E-state index < -0.39 is 0 Å². The van der Waals surface area contributed by atoms with Gasteiger partial charge in [-0.3, -0.25) is 4.98 Å². The molecule has 0 saturated heterocycles. The van der Waals surface area contributed by atoms with Crippen molar-refractivity contribution in [2.75, 3.05) is 0 Å². The van der Waals surface area contributed by atoms with Crippen LogP contribution in [0.25, 0.3) is 0 Å². The summed E-state index contributed by atoms with van der Waals surface area (Å²) in [5.74, 6) is 0. The summed E-state index contributed by atoms with van der Waals surface area (Å²) in [6.45, 7) is 6.81. The second-order valence-electron chi connectivity index (χ2n) is 6.71. The van der Waals surface area contributed by atoms with Crippen LogP contribution in [0, 0.1) is 5.41 Å². The highest BCUT2D eigenvalue weighted by Crippen LogP contribution is 2.41. The molecule has 1 aliphatic carbocycles. The number of pyridine rings is 1. The van der Waals surface area contributed by atoms with Crippen molar-refractivity contribution < 1.29 is 0 Å². The lowest BCUT2D eigenvalue weighted by molar-refractivity contribution is 0.274. The van der Waals surface area contributed by atoms with Gasteiger partial charge in [0.25, 0.3) is 0 Å². The molecule has 106 valence electrons. The number of rotatable bonds is 2. The van der Waals surface area contributed by atoms with Gasteiger partial charge in [-0.1, -0.05) is 19.9 Å². The number of nitrogens with zero attached hydrogens (tertiary/aromatic N) is 2. The Morgan fingerprint density at radius 2 is 2.15 bits per heavy atom. The van der Waals surface area contributed by atoms with Gasteiger partial charge in [-0.15, -0.1) is 0 Å². The fourth-order valence-electron chi connectivity index (χ4n) is 3.39. The van der Waals surface area contributed by atoms with Gasteiger partial charge in [0.2, 0.25) is 0 Å².